The van der Waals surface area contributed by atoms with E-state index < -0.39 is 0 Å². The first-order chi connectivity index (χ1) is 10.7. The molecule has 7 nitrogen and oxygen atoms in total. The van der Waals surface area contributed by atoms with Crippen LogP contribution < -0.4 is 11.1 Å². The van der Waals surface area contributed by atoms with Crippen LogP contribution in [-0.4, -0.2) is 43.2 Å². The summed E-state index contributed by atoms with van der Waals surface area (Å²) in [5.74, 6) is 1.70. The third kappa shape index (κ3) is 2.24. The van der Waals surface area contributed by atoms with Crippen LogP contribution in [0.2, 0.25) is 0 Å². The normalized spacial score (nSPS) is 18.9. The number of nitrogen functional groups attached to an aromatic ring is 1. The Morgan fingerprint density at radius 1 is 1.36 bits per heavy atom. The second-order valence-corrected chi connectivity index (χ2v) is 6.68. The largest absolute Gasteiger partial charge is 0.384 e. The van der Waals surface area contributed by atoms with Gasteiger partial charge in [-0.25, -0.2) is 4.98 Å². The van der Waals surface area contributed by atoms with Gasteiger partial charge in [0.1, 0.15) is 5.82 Å². The molecule has 1 aliphatic rings. The number of aromatic nitrogens is 5. The van der Waals surface area contributed by atoms with E-state index in [2.05, 4.69) is 15.5 Å². The number of rotatable bonds is 2. The average molecular weight is 315 g/mol. The van der Waals surface area contributed by atoms with Crippen LogP contribution in [0.4, 0.5) is 5.82 Å². The summed E-state index contributed by atoms with van der Waals surface area (Å²) in [6, 6.07) is 1.93. The fourth-order valence-corrected chi connectivity index (χ4v) is 3.76. The van der Waals surface area contributed by atoms with Crippen molar-refractivity contribution in [1.82, 2.24) is 29.7 Å². The molecular formula is C14H17N7S. The van der Waals surface area contributed by atoms with Crippen molar-refractivity contribution in [3.8, 4) is 11.1 Å². The summed E-state index contributed by atoms with van der Waals surface area (Å²) in [6.07, 6.45) is 5.57. The van der Waals surface area contributed by atoms with Crippen molar-refractivity contribution in [2.24, 2.45) is 7.05 Å². The lowest BCUT2D eigenvalue weighted by atomic mass is 10.2. The number of thioether (sulfide) groups is 1. The molecular weight excluding hydrogens is 298 g/mol. The second-order valence-electron chi connectivity index (χ2n) is 5.37. The van der Waals surface area contributed by atoms with Crippen molar-refractivity contribution < 1.29 is 0 Å². The summed E-state index contributed by atoms with van der Waals surface area (Å²) in [4.78, 5) is 4.83. The van der Waals surface area contributed by atoms with Crippen LogP contribution >= 0.6 is 11.8 Å². The minimum atomic E-state index is 0.331. The molecule has 114 valence electrons. The van der Waals surface area contributed by atoms with Gasteiger partial charge < -0.3 is 11.1 Å². The molecule has 1 aliphatic heterocycles. The van der Waals surface area contributed by atoms with Gasteiger partial charge in [-0.3, -0.25) is 4.68 Å². The maximum atomic E-state index is 6.17. The first-order valence-corrected chi connectivity index (χ1v) is 8.23. The molecule has 0 radical (unpaired) electrons. The van der Waals surface area contributed by atoms with Crippen LogP contribution in [0.25, 0.3) is 16.8 Å². The predicted molar refractivity (Wildman–Crippen MR) is 87.7 cm³/mol. The summed E-state index contributed by atoms with van der Waals surface area (Å²) in [7, 11) is 1.90. The Balaban J connectivity index is 1.84. The van der Waals surface area contributed by atoms with Crippen LogP contribution in [0.3, 0.4) is 0 Å². The number of nitrogens with zero attached hydrogens (tertiary/aromatic N) is 5. The Labute approximate surface area is 131 Å². The summed E-state index contributed by atoms with van der Waals surface area (Å²) in [6.45, 7) is 1.97. The Bertz CT molecular complexity index is 816. The zero-order valence-corrected chi connectivity index (χ0v) is 13.0. The minimum Gasteiger partial charge on any atom is -0.384 e. The van der Waals surface area contributed by atoms with Crippen LogP contribution in [0.5, 0.6) is 0 Å². The van der Waals surface area contributed by atoms with Gasteiger partial charge >= 0.3 is 0 Å². The van der Waals surface area contributed by atoms with Crippen molar-refractivity contribution in [2.75, 3.05) is 24.6 Å². The minimum absolute atomic E-state index is 0.331. The molecule has 0 amide bonds. The van der Waals surface area contributed by atoms with Crippen molar-refractivity contribution in [1.29, 1.82) is 0 Å². The third-order valence-electron chi connectivity index (χ3n) is 3.79. The number of nitrogens with two attached hydrogens (primary N) is 1. The maximum Gasteiger partial charge on any atom is 0.165 e. The smallest absolute Gasteiger partial charge is 0.165 e. The Kier molecular flexibility index (Phi) is 3.27. The van der Waals surface area contributed by atoms with Crippen LogP contribution in [0, 0.1) is 0 Å². The van der Waals surface area contributed by atoms with Crippen LogP contribution in [0.1, 0.15) is 10.9 Å². The molecule has 0 aliphatic carbocycles. The molecule has 4 rings (SSSR count). The fraction of sp³-hybridized carbons (Fsp3) is 0.357. The predicted octanol–water partition coefficient (Wildman–Crippen LogP) is 1.09. The highest BCUT2D eigenvalue weighted by molar-refractivity contribution is 7.99. The van der Waals surface area contributed by atoms with Gasteiger partial charge in [-0.1, -0.05) is 0 Å². The molecule has 1 atom stereocenters. The van der Waals surface area contributed by atoms with Gasteiger partial charge in [0, 0.05) is 49.3 Å². The van der Waals surface area contributed by atoms with E-state index in [4.69, 9.17) is 10.7 Å². The van der Waals surface area contributed by atoms with E-state index in [-0.39, 0.29) is 0 Å². The maximum absolute atomic E-state index is 6.17. The molecule has 3 aromatic rings. The third-order valence-corrected chi connectivity index (χ3v) is 5.04. The zero-order chi connectivity index (χ0) is 15.1. The SMILES string of the molecule is Cn1cc(-c2cnn3c(N)cc(C4CNCCS4)nc23)cn1. The monoisotopic (exact) mass is 315 g/mol. The Hall–Kier alpha value is -2.06. The zero-order valence-electron chi connectivity index (χ0n) is 12.2. The molecule has 1 saturated heterocycles. The van der Waals surface area contributed by atoms with E-state index in [0.717, 1.165) is 41.3 Å². The first kappa shape index (κ1) is 13.6. The van der Waals surface area contributed by atoms with E-state index >= 15 is 0 Å². The summed E-state index contributed by atoms with van der Waals surface area (Å²) < 4.78 is 3.46. The van der Waals surface area contributed by atoms with Crippen molar-refractivity contribution in [3.63, 3.8) is 0 Å². The molecule has 22 heavy (non-hydrogen) atoms. The number of anilines is 1. The topological polar surface area (TPSA) is 86.1 Å². The van der Waals surface area contributed by atoms with Gasteiger partial charge in [-0.15, -0.1) is 11.8 Å². The average Bonchev–Trinajstić information content (AvgIpc) is 3.14. The molecule has 0 bridgehead atoms. The quantitative estimate of drug-likeness (QED) is 0.736. The van der Waals surface area contributed by atoms with Crippen LogP contribution in [-0.2, 0) is 7.05 Å². The van der Waals surface area contributed by atoms with Gasteiger partial charge in [0.2, 0.25) is 0 Å². The fourth-order valence-electron chi connectivity index (χ4n) is 2.69. The highest BCUT2D eigenvalue weighted by Gasteiger charge is 2.20. The van der Waals surface area contributed by atoms with Crippen molar-refractivity contribution >= 4 is 23.2 Å². The number of nitrogens with one attached hydrogen (secondary N) is 1. The van der Waals surface area contributed by atoms with Gasteiger partial charge in [0.05, 0.1) is 23.3 Å². The standard InChI is InChI=1S/C14H17N7S/c1-20-8-9(5-17-20)10-6-18-21-13(15)4-11(19-14(10)21)12-7-16-2-3-22-12/h4-6,8,12,16H,2-3,7,15H2,1H3. The van der Waals surface area contributed by atoms with E-state index in [9.17, 15) is 0 Å². The summed E-state index contributed by atoms with van der Waals surface area (Å²) in [5.41, 5.74) is 9.91. The lowest BCUT2D eigenvalue weighted by Gasteiger charge is -2.22. The first-order valence-electron chi connectivity index (χ1n) is 7.18. The molecule has 0 aromatic carbocycles. The van der Waals surface area contributed by atoms with Crippen molar-refractivity contribution in [2.45, 2.75) is 5.25 Å². The highest BCUT2D eigenvalue weighted by atomic mass is 32.2. The van der Waals surface area contributed by atoms with Crippen molar-refractivity contribution in [3.05, 3.63) is 30.4 Å². The van der Waals surface area contributed by atoms with Gasteiger partial charge in [-0.2, -0.15) is 14.7 Å². The molecule has 1 fully saturated rings. The Morgan fingerprint density at radius 3 is 3.00 bits per heavy atom. The second kappa shape index (κ2) is 5.29. The number of fused-ring (bicyclic) bond motifs is 1. The molecule has 4 heterocycles. The molecule has 3 aromatic heterocycles. The van der Waals surface area contributed by atoms with E-state index in [1.54, 1.807) is 15.4 Å². The van der Waals surface area contributed by atoms with E-state index in [0.29, 0.717) is 11.1 Å². The molecule has 0 saturated carbocycles. The van der Waals surface area contributed by atoms with Crippen LogP contribution in [0.15, 0.2) is 24.7 Å². The van der Waals surface area contributed by atoms with Gasteiger partial charge in [-0.05, 0) is 0 Å². The summed E-state index contributed by atoms with van der Waals surface area (Å²) in [5, 5.41) is 12.3. The lowest BCUT2D eigenvalue weighted by Crippen LogP contribution is -2.28. The molecule has 1 unspecified atom stereocenters. The Morgan fingerprint density at radius 2 is 2.27 bits per heavy atom. The number of hydrogen-bond donors (Lipinski definition) is 2. The number of hydrogen-bond acceptors (Lipinski definition) is 6. The highest BCUT2D eigenvalue weighted by Crippen LogP contribution is 2.32. The van der Waals surface area contributed by atoms with Gasteiger partial charge in [0.15, 0.2) is 5.65 Å². The number of aryl methyl sites for hydroxylation is 1. The summed E-state index contributed by atoms with van der Waals surface area (Å²) >= 11 is 1.92. The molecule has 8 heteroatoms. The molecule has 3 N–H and O–H groups in total. The molecule has 0 spiro atoms. The van der Waals surface area contributed by atoms with E-state index in [1.165, 1.54) is 0 Å². The van der Waals surface area contributed by atoms with Gasteiger partial charge in [0.25, 0.3) is 0 Å². The lowest BCUT2D eigenvalue weighted by molar-refractivity contribution is 0.679. The van der Waals surface area contributed by atoms with E-state index in [1.807, 2.05) is 37.3 Å².